The van der Waals surface area contributed by atoms with E-state index < -0.39 is 0 Å². The summed E-state index contributed by atoms with van der Waals surface area (Å²) in [6, 6.07) is 4.82. The lowest BCUT2D eigenvalue weighted by molar-refractivity contribution is -0.122. The lowest BCUT2D eigenvalue weighted by Gasteiger charge is -2.23. The highest BCUT2D eigenvalue weighted by Crippen LogP contribution is 2.43. The van der Waals surface area contributed by atoms with E-state index in [1.807, 2.05) is 13.8 Å². The molecule has 0 radical (unpaired) electrons. The van der Waals surface area contributed by atoms with Crippen LogP contribution in [-0.2, 0) is 9.59 Å². The zero-order valence-corrected chi connectivity index (χ0v) is 13.3. The molecule has 0 spiro atoms. The van der Waals surface area contributed by atoms with Gasteiger partial charge in [-0.1, -0.05) is 34.3 Å². The second-order valence-corrected chi connectivity index (χ2v) is 6.63. The third kappa shape index (κ3) is 2.29. The molecule has 2 aliphatic rings. The molecular weight excluding hydrogens is 309 g/mol. The third-order valence-corrected chi connectivity index (χ3v) is 5.03. The van der Waals surface area contributed by atoms with Crippen LogP contribution in [0.5, 0.6) is 0 Å². The minimum atomic E-state index is -0.257. The Morgan fingerprint density at radius 2 is 1.52 bits per heavy atom. The van der Waals surface area contributed by atoms with Gasteiger partial charge in [-0.05, 0) is 44.9 Å². The number of nitrogens with zero attached hydrogens (tertiary/aromatic N) is 1. The second-order valence-electron chi connectivity index (χ2n) is 5.79. The molecule has 5 heteroatoms. The van der Waals surface area contributed by atoms with Crippen molar-refractivity contribution in [1.82, 2.24) is 0 Å². The van der Waals surface area contributed by atoms with Gasteiger partial charge in [-0.3, -0.25) is 9.59 Å². The Bertz CT molecular complexity index is 649. The van der Waals surface area contributed by atoms with Crippen LogP contribution in [0.2, 0.25) is 10.0 Å². The first kappa shape index (κ1) is 14.6. The highest BCUT2D eigenvalue weighted by atomic mass is 35.5. The molecule has 1 aliphatic heterocycles. The number of carbonyl (C=O) groups is 2. The lowest BCUT2D eigenvalue weighted by atomic mass is 9.78. The van der Waals surface area contributed by atoms with Crippen molar-refractivity contribution in [2.75, 3.05) is 4.90 Å². The Morgan fingerprint density at radius 1 is 1.00 bits per heavy atom. The van der Waals surface area contributed by atoms with E-state index in [0.29, 0.717) is 28.6 Å². The van der Waals surface area contributed by atoms with Crippen molar-refractivity contribution in [2.24, 2.45) is 11.8 Å². The van der Waals surface area contributed by atoms with Gasteiger partial charge in [0.2, 0.25) is 11.8 Å². The van der Waals surface area contributed by atoms with Gasteiger partial charge in [0.15, 0.2) is 0 Å². The Hall–Kier alpha value is -1.32. The van der Waals surface area contributed by atoms with Gasteiger partial charge in [0.05, 0.1) is 22.5 Å². The number of hydrogen-bond acceptors (Lipinski definition) is 2. The SMILES string of the molecule is CC1=C(C)C[C@@H]2C(=O)N(c3ccc(Cl)cc3Cl)C(=O)[C@H]2C1. The average Bonchev–Trinajstić information content (AvgIpc) is 2.64. The van der Waals surface area contributed by atoms with Gasteiger partial charge in [0.25, 0.3) is 0 Å². The fourth-order valence-electron chi connectivity index (χ4n) is 3.15. The molecular formula is C16H15Cl2NO2. The number of anilines is 1. The summed E-state index contributed by atoms with van der Waals surface area (Å²) in [6.45, 7) is 4.06. The molecule has 1 fully saturated rings. The smallest absolute Gasteiger partial charge is 0.238 e. The maximum atomic E-state index is 12.6. The van der Waals surface area contributed by atoms with E-state index in [1.54, 1.807) is 18.2 Å². The van der Waals surface area contributed by atoms with Gasteiger partial charge < -0.3 is 0 Å². The monoisotopic (exact) mass is 323 g/mol. The largest absolute Gasteiger partial charge is 0.274 e. The zero-order chi connectivity index (χ0) is 15.3. The Labute approximate surface area is 133 Å². The Kier molecular flexibility index (Phi) is 3.58. The van der Waals surface area contributed by atoms with Crippen LogP contribution in [-0.4, -0.2) is 11.8 Å². The number of benzene rings is 1. The molecule has 1 heterocycles. The van der Waals surface area contributed by atoms with Gasteiger partial charge in [-0.15, -0.1) is 0 Å². The maximum Gasteiger partial charge on any atom is 0.238 e. The summed E-state index contributed by atoms with van der Waals surface area (Å²) in [4.78, 5) is 26.5. The van der Waals surface area contributed by atoms with Crippen molar-refractivity contribution in [2.45, 2.75) is 26.7 Å². The molecule has 1 saturated heterocycles. The molecule has 0 saturated carbocycles. The van der Waals surface area contributed by atoms with Crippen LogP contribution < -0.4 is 4.90 Å². The van der Waals surface area contributed by atoms with E-state index >= 15 is 0 Å². The number of fused-ring (bicyclic) bond motifs is 1. The Morgan fingerprint density at radius 3 is 2.00 bits per heavy atom. The molecule has 2 atom stereocenters. The lowest BCUT2D eigenvalue weighted by Crippen LogP contribution is -2.31. The van der Waals surface area contributed by atoms with E-state index in [-0.39, 0.29) is 23.7 Å². The first-order valence-corrected chi connectivity index (χ1v) is 7.64. The van der Waals surface area contributed by atoms with E-state index in [0.717, 1.165) is 0 Å². The summed E-state index contributed by atoms with van der Waals surface area (Å²) in [5.41, 5.74) is 2.85. The molecule has 110 valence electrons. The van der Waals surface area contributed by atoms with Crippen molar-refractivity contribution in [3.05, 3.63) is 39.4 Å². The number of allylic oxidation sites excluding steroid dienone is 2. The molecule has 1 aromatic carbocycles. The fraction of sp³-hybridized carbons (Fsp3) is 0.375. The summed E-state index contributed by atoms with van der Waals surface area (Å²) in [7, 11) is 0. The minimum Gasteiger partial charge on any atom is -0.274 e. The number of rotatable bonds is 1. The highest BCUT2D eigenvalue weighted by Gasteiger charge is 2.49. The molecule has 3 rings (SSSR count). The molecule has 1 aromatic rings. The summed E-state index contributed by atoms with van der Waals surface area (Å²) < 4.78 is 0. The van der Waals surface area contributed by atoms with Crippen LogP contribution in [0.25, 0.3) is 0 Å². The van der Waals surface area contributed by atoms with Crippen molar-refractivity contribution < 1.29 is 9.59 Å². The van der Waals surface area contributed by atoms with E-state index in [9.17, 15) is 9.59 Å². The molecule has 0 bridgehead atoms. The van der Waals surface area contributed by atoms with Crippen molar-refractivity contribution >= 4 is 40.7 Å². The zero-order valence-electron chi connectivity index (χ0n) is 11.8. The quantitative estimate of drug-likeness (QED) is 0.573. The van der Waals surface area contributed by atoms with Crippen LogP contribution in [0.15, 0.2) is 29.3 Å². The van der Waals surface area contributed by atoms with Gasteiger partial charge in [-0.25, -0.2) is 4.90 Å². The summed E-state index contributed by atoms with van der Waals surface area (Å²) >= 11 is 12.0. The van der Waals surface area contributed by atoms with Crippen molar-refractivity contribution in [3.8, 4) is 0 Å². The fourth-order valence-corrected chi connectivity index (χ4v) is 3.64. The molecule has 1 aliphatic carbocycles. The molecule has 21 heavy (non-hydrogen) atoms. The van der Waals surface area contributed by atoms with Crippen LogP contribution >= 0.6 is 23.2 Å². The van der Waals surface area contributed by atoms with Gasteiger partial charge in [-0.2, -0.15) is 0 Å². The predicted molar refractivity (Wildman–Crippen MR) is 83.5 cm³/mol. The van der Waals surface area contributed by atoms with Crippen LogP contribution in [0.1, 0.15) is 26.7 Å². The molecule has 3 nitrogen and oxygen atoms in total. The topological polar surface area (TPSA) is 37.4 Å². The molecule has 0 N–H and O–H groups in total. The number of imide groups is 1. The van der Waals surface area contributed by atoms with Crippen molar-refractivity contribution in [3.63, 3.8) is 0 Å². The summed E-state index contributed by atoms with van der Waals surface area (Å²) in [5, 5.41) is 0.804. The number of carbonyl (C=O) groups excluding carboxylic acids is 2. The molecule has 0 unspecified atom stereocenters. The second kappa shape index (κ2) is 5.15. The van der Waals surface area contributed by atoms with Crippen LogP contribution in [0.3, 0.4) is 0 Å². The normalized spacial score (nSPS) is 25.6. The van der Waals surface area contributed by atoms with Crippen LogP contribution in [0, 0.1) is 11.8 Å². The average molecular weight is 324 g/mol. The Balaban J connectivity index is 2.00. The number of hydrogen-bond donors (Lipinski definition) is 0. The van der Waals surface area contributed by atoms with E-state index in [4.69, 9.17) is 23.2 Å². The highest BCUT2D eigenvalue weighted by molar-refractivity contribution is 6.38. The van der Waals surface area contributed by atoms with Crippen molar-refractivity contribution in [1.29, 1.82) is 0 Å². The first-order chi connectivity index (χ1) is 9.90. The minimum absolute atomic E-state index is 0.152. The van der Waals surface area contributed by atoms with Gasteiger partial charge in [0, 0.05) is 5.02 Å². The predicted octanol–water partition coefficient (Wildman–Crippen LogP) is 4.23. The first-order valence-electron chi connectivity index (χ1n) is 6.88. The number of amides is 2. The van der Waals surface area contributed by atoms with E-state index in [2.05, 4.69) is 0 Å². The van der Waals surface area contributed by atoms with Crippen LogP contribution in [0.4, 0.5) is 5.69 Å². The summed E-state index contributed by atoms with van der Waals surface area (Å²) in [5.74, 6) is -0.817. The summed E-state index contributed by atoms with van der Waals surface area (Å²) in [6.07, 6.45) is 1.31. The number of halogens is 2. The molecule has 0 aromatic heterocycles. The van der Waals surface area contributed by atoms with Gasteiger partial charge in [0.1, 0.15) is 0 Å². The van der Waals surface area contributed by atoms with E-state index in [1.165, 1.54) is 16.0 Å². The maximum absolute atomic E-state index is 12.6. The third-order valence-electron chi connectivity index (χ3n) is 4.49. The standard InChI is InChI=1S/C16H15Cl2NO2/c1-8-5-11-12(6-9(8)2)16(21)19(15(11)20)14-4-3-10(17)7-13(14)18/h3-4,7,11-12H,5-6H2,1-2H3/t11-,12-/m0/s1. The molecule has 2 amide bonds. The van der Waals surface area contributed by atoms with Gasteiger partial charge >= 0.3 is 0 Å².